The Labute approximate surface area is 139 Å². The van der Waals surface area contributed by atoms with Crippen LogP contribution >= 0.6 is 0 Å². The summed E-state index contributed by atoms with van der Waals surface area (Å²) in [5, 5.41) is 3.86. The highest BCUT2D eigenvalue weighted by Crippen LogP contribution is 2.27. The van der Waals surface area contributed by atoms with Crippen molar-refractivity contribution in [3.63, 3.8) is 0 Å². The fourth-order valence-electron chi connectivity index (χ4n) is 1.83. The van der Waals surface area contributed by atoms with Gasteiger partial charge in [-0.1, -0.05) is 5.92 Å². The zero-order valence-corrected chi connectivity index (χ0v) is 13.0. The molecule has 0 aliphatic heterocycles. The molecule has 2 aromatic rings. The Morgan fingerprint density at radius 1 is 1.29 bits per heavy atom. The van der Waals surface area contributed by atoms with Gasteiger partial charge in [-0.25, -0.2) is 9.82 Å². The van der Waals surface area contributed by atoms with Crippen LogP contribution in [0.25, 0.3) is 0 Å². The topological polar surface area (TPSA) is 59.9 Å². The number of halogens is 1. The van der Waals surface area contributed by atoms with Crippen molar-refractivity contribution in [2.24, 2.45) is 5.10 Å². The molecule has 2 rings (SSSR count). The standard InChI is InChI=1S/C18H15FN2O3/c1-3-10-24-16-9-4-13(11-17(16)23-2)12-20-21-18(22)14-5-7-15(19)8-6-14/h1,4-9,11-12H,10H2,2H3,(H,21,22)/b20-12-. The van der Waals surface area contributed by atoms with Crippen LogP contribution in [-0.2, 0) is 0 Å². The maximum atomic E-state index is 12.8. The van der Waals surface area contributed by atoms with E-state index in [-0.39, 0.29) is 6.61 Å². The summed E-state index contributed by atoms with van der Waals surface area (Å²) >= 11 is 0. The van der Waals surface area contributed by atoms with E-state index in [1.165, 1.54) is 37.6 Å². The second-order valence-electron chi connectivity index (χ2n) is 4.61. The largest absolute Gasteiger partial charge is 0.493 e. The van der Waals surface area contributed by atoms with Crippen molar-refractivity contribution >= 4 is 12.1 Å². The van der Waals surface area contributed by atoms with Gasteiger partial charge in [0.1, 0.15) is 12.4 Å². The minimum atomic E-state index is -0.438. The van der Waals surface area contributed by atoms with Gasteiger partial charge >= 0.3 is 0 Å². The van der Waals surface area contributed by atoms with Crippen molar-refractivity contribution in [1.82, 2.24) is 5.43 Å². The average Bonchev–Trinajstić information content (AvgIpc) is 2.60. The van der Waals surface area contributed by atoms with Crippen LogP contribution in [-0.4, -0.2) is 25.8 Å². The average molecular weight is 326 g/mol. The summed E-state index contributed by atoms with van der Waals surface area (Å²) in [5.74, 6) is 2.54. The predicted octanol–water partition coefficient (Wildman–Crippen LogP) is 2.61. The number of terminal acetylenes is 1. The molecule has 122 valence electrons. The number of benzene rings is 2. The number of carbonyl (C=O) groups excluding carboxylic acids is 1. The summed E-state index contributed by atoms with van der Waals surface area (Å²) in [6.45, 7) is 0.136. The number of ether oxygens (including phenoxy) is 2. The normalized spacial score (nSPS) is 10.2. The van der Waals surface area contributed by atoms with Gasteiger partial charge < -0.3 is 9.47 Å². The lowest BCUT2D eigenvalue weighted by Gasteiger charge is -2.09. The Bertz CT molecular complexity index is 780. The van der Waals surface area contributed by atoms with Crippen LogP contribution < -0.4 is 14.9 Å². The summed E-state index contributed by atoms with van der Waals surface area (Å²) in [4.78, 5) is 11.8. The monoisotopic (exact) mass is 326 g/mol. The van der Waals surface area contributed by atoms with E-state index in [4.69, 9.17) is 15.9 Å². The third kappa shape index (κ3) is 4.58. The molecule has 0 aliphatic rings. The molecule has 0 saturated carbocycles. The first kappa shape index (κ1) is 17.0. The van der Waals surface area contributed by atoms with Gasteiger partial charge in [0.2, 0.25) is 0 Å². The third-order valence-electron chi connectivity index (χ3n) is 2.98. The smallest absolute Gasteiger partial charge is 0.271 e. The molecule has 0 bridgehead atoms. The molecule has 0 fully saturated rings. The van der Waals surface area contributed by atoms with Crippen molar-refractivity contribution in [2.75, 3.05) is 13.7 Å². The van der Waals surface area contributed by atoms with Crippen LogP contribution in [0.1, 0.15) is 15.9 Å². The maximum Gasteiger partial charge on any atom is 0.271 e. The molecular weight excluding hydrogens is 311 g/mol. The van der Waals surface area contributed by atoms with E-state index in [2.05, 4.69) is 16.4 Å². The summed E-state index contributed by atoms with van der Waals surface area (Å²) in [7, 11) is 1.51. The first-order chi connectivity index (χ1) is 11.6. The quantitative estimate of drug-likeness (QED) is 0.504. The number of nitrogens with one attached hydrogen (secondary N) is 1. The molecule has 1 N–H and O–H groups in total. The Kier molecular flexibility index (Phi) is 5.92. The fraction of sp³-hybridized carbons (Fsp3) is 0.111. The number of carbonyl (C=O) groups is 1. The molecule has 2 aromatic carbocycles. The summed E-state index contributed by atoms with van der Waals surface area (Å²) in [5.41, 5.74) is 3.37. The molecule has 24 heavy (non-hydrogen) atoms. The lowest BCUT2D eigenvalue weighted by molar-refractivity contribution is 0.0955. The first-order valence-corrected chi connectivity index (χ1v) is 6.97. The van der Waals surface area contributed by atoms with Crippen LogP contribution in [0.2, 0.25) is 0 Å². The van der Waals surface area contributed by atoms with Gasteiger partial charge in [0.05, 0.1) is 13.3 Å². The van der Waals surface area contributed by atoms with Crippen molar-refractivity contribution in [2.45, 2.75) is 0 Å². The molecule has 0 unspecified atom stereocenters. The minimum Gasteiger partial charge on any atom is -0.493 e. The number of nitrogens with zero attached hydrogens (tertiary/aromatic N) is 1. The van der Waals surface area contributed by atoms with Crippen LogP contribution in [0.15, 0.2) is 47.6 Å². The first-order valence-electron chi connectivity index (χ1n) is 6.97. The number of amides is 1. The zero-order chi connectivity index (χ0) is 17.4. The fourth-order valence-corrected chi connectivity index (χ4v) is 1.83. The van der Waals surface area contributed by atoms with Gasteiger partial charge in [0.15, 0.2) is 11.5 Å². The molecule has 0 spiro atoms. The minimum absolute atomic E-state index is 0.136. The van der Waals surface area contributed by atoms with Crippen molar-refractivity contribution < 1.29 is 18.7 Å². The Morgan fingerprint density at radius 2 is 2.04 bits per heavy atom. The molecule has 0 heterocycles. The number of hydrogen-bond donors (Lipinski definition) is 1. The van der Waals surface area contributed by atoms with E-state index in [0.29, 0.717) is 22.6 Å². The second kappa shape index (κ2) is 8.34. The molecule has 6 heteroatoms. The highest BCUT2D eigenvalue weighted by Gasteiger charge is 2.05. The molecule has 0 atom stereocenters. The lowest BCUT2D eigenvalue weighted by atomic mass is 10.2. The zero-order valence-electron chi connectivity index (χ0n) is 13.0. The van der Waals surface area contributed by atoms with Crippen LogP contribution in [0.3, 0.4) is 0 Å². The van der Waals surface area contributed by atoms with Crippen molar-refractivity contribution in [1.29, 1.82) is 0 Å². The number of methoxy groups -OCH3 is 1. The Hall–Kier alpha value is -3.33. The third-order valence-corrected chi connectivity index (χ3v) is 2.98. The van der Waals surface area contributed by atoms with E-state index in [9.17, 15) is 9.18 Å². The number of hydrogen-bond acceptors (Lipinski definition) is 4. The van der Waals surface area contributed by atoms with E-state index in [1.54, 1.807) is 18.2 Å². The highest BCUT2D eigenvalue weighted by atomic mass is 19.1. The van der Waals surface area contributed by atoms with Crippen LogP contribution in [0.5, 0.6) is 11.5 Å². The Morgan fingerprint density at radius 3 is 2.71 bits per heavy atom. The Balaban J connectivity index is 2.02. The van der Waals surface area contributed by atoms with E-state index >= 15 is 0 Å². The SMILES string of the molecule is C#CCOc1ccc(/C=N\NC(=O)c2ccc(F)cc2)cc1OC. The summed E-state index contributed by atoms with van der Waals surface area (Å²) < 4.78 is 23.4. The molecule has 5 nitrogen and oxygen atoms in total. The maximum absolute atomic E-state index is 12.8. The summed E-state index contributed by atoms with van der Waals surface area (Å²) in [6, 6.07) is 10.3. The molecule has 0 aromatic heterocycles. The van der Waals surface area contributed by atoms with Crippen LogP contribution in [0, 0.1) is 18.2 Å². The molecule has 0 aliphatic carbocycles. The van der Waals surface area contributed by atoms with Crippen LogP contribution in [0.4, 0.5) is 4.39 Å². The van der Waals surface area contributed by atoms with E-state index in [0.717, 1.165) is 0 Å². The molecule has 1 amide bonds. The van der Waals surface area contributed by atoms with Gasteiger partial charge in [-0.2, -0.15) is 5.10 Å². The molecule has 0 radical (unpaired) electrons. The lowest BCUT2D eigenvalue weighted by Crippen LogP contribution is -2.17. The van der Waals surface area contributed by atoms with Gasteiger partial charge in [-0.3, -0.25) is 4.79 Å². The van der Waals surface area contributed by atoms with Crippen molar-refractivity contribution in [3.05, 3.63) is 59.4 Å². The van der Waals surface area contributed by atoms with Gasteiger partial charge in [0, 0.05) is 5.56 Å². The number of rotatable bonds is 6. The second-order valence-corrected chi connectivity index (χ2v) is 4.61. The van der Waals surface area contributed by atoms with Crippen molar-refractivity contribution in [3.8, 4) is 23.8 Å². The molecule has 0 saturated heterocycles. The van der Waals surface area contributed by atoms with Gasteiger partial charge in [0.25, 0.3) is 5.91 Å². The predicted molar refractivity (Wildman–Crippen MR) is 88.8 cm³/mol. The summed E-state index contributed by atoms with van der Waals surface area (Å²) in [6.07, 6.45) is 6.60. The molecular formula is C18H15FN2O3. The highest BCUT2D eigenvalue weighted by molar-refractivity contribution is 5.94. The van der Waals surface area contributed by atoms with E-state index in [1.807, 2.05) is 0 Å². The van der Waals surface area contributed by atoms with Gasteiger partial charge in [-0.15, -0.1) is 6.42 Å². The van der Waals surface area contributed by atoms with E-state index < -0.39 is 11.7 Å². The number of hydrazone groups is 1. The van der Waals surface area contributed by atoms with Gasteiger partial charge in [-0.05, 0) is 48.0 Å².